The summed E-state index contributed by atoms with van der Waals surface area (Å²) in [6.45, 7) is 2.58. The van der Waals surface area contributed by atoms with Gasteiger partial charge in [-0.1, -0.05) is 24.3 Å². The summed E-state index contributed by atoms with van der Waals surface area (Å²) in [6, 6.07) is 15.5. The summed E-state index contributed by atoms with van der Waals surface area (Å²) in [5.41, 5.74) is 8.45. The maximum absolute atomic E-state index is 13.7. The number of rotatable bonds is 8. The third-order valence-electron chi connectivity index (χ3n) is 7.79. The van der Waals surface area contributed by atoms with Crippen molar-refractivity contribution in [1.29, 1.82) is 5.26 Å². The predicted octanol–water partition coefficient (Wildman–Crippen LogP) is 2.30. The fourth-order valence-corrected chi connectivity index (χ4v) is 7.45. The number of aryl methyl sites for hydroxylation is 1. The van der Waals surface area contributed by atoms with Gasteiger partial charge in [0.1, 0.15) is 11.9 Å². The van der Waals surface area contributed by atoms with Crippen molar-refractivity contribution in [3.63, 3.8) is 0 Å². The molecule has 1 aromatic heterocycles. The van der Waals surface area contributed by atoms with E-state index in [0.29, 0.717) is 19.7 Å². The molecule has 0 radical (unpaired) electrons. The zero-order valence-corrected chi connectivity index (χ0v) is 22.9. The average Bonchev–Trinajstić information content (AvgIpc) is 3.54. The van der Waals surface area contributed by atoms with Crippen LogP contribution in [-0.4, -0.2) is 79.0 Å². The van der Waals surface area contributed by atoms with Crippen LogP contribution in [0.3, 0.4) is 0 Å². The van der Waals surface area contributed by atoms with Gasteiger partial charge >= 0.3 is 0 Å². The number of amides is 1. The Morgan fingerprint density at radius 2 is 1.92 bits per heavy atom. The van der Waals surface area contributed by atoms with Crippen LogP contribution >= 0.6 is 0 Å². The summed E-state index contributed by atoms with van der Waals surface area (Å²) >= 11 is 0. The van der Waals surface area contributed by atoms with Crippen LogP contribution in [-0.2, 0) is 26.1 Å². The predicted molar refractivity (Wildman–Crippen MR) is 146 cm³/mol. The van der Waals surface area contributed by atoms with Crippen LogP contribution in [0.1, 0.15) is 36.6 Å². The summed E-state index contributed by atoms with van der Waals surface area (Å²) in [5, 5.41) is 9.40. The number of piperidine rings is 1. The molecule has 0 bridgehead atoms. The maximum Gasteiger partial charge on any atom is 0.244 e. The van der Waals surface area contributed by atoms with E-state index in [1.807, 2.05) is 29.2 Å². The molecule has 2 aliphatic rings. The Bertz CT molecular complexity index is 1500. The lowest BCUT2D eigenvalue weighted by molar-refractivity contribution is -0.136. The van der Waals surface area contributed by atoms with E-state index in [0.717, 1.165) is 42.7 Å². The number of nitrogens with two attached hydrogens (primary N) is 1. The average molecular weight is 551 g/mol. The second-order valence-electron chi connectivity index (χ2n) is 10.3. The van der Waals surface area contributed by atoms with E-state index in [2.05, 4.69) is 10.6 Å². The van der Waals surface area contributed by atoms with Gasteiger partial charge in [0.25, 0.3) is 0 Å². The number of carbonyl (C=O) groups excluding carboxylic acids is 1. The number of nitriles is 1. The Kier molecular flexibility index (Phi) is 8.00. The second kappa shape index (κ2) is 11.4. The highest BCUT2D eigenvalue weighted by Crippen LogP contribution is 2.32. The van der Waals surface area contributed by atoms with Crippen LogP contribution in [0.2, 0.25) is 0 Å². The fourth-order valence-electron chi connectivity index (χ4n) is 5.80. The van der Waals surface area contributed by atoms with Crippen molar-refractivity contribution in [3.8, 4) is 6.07 Å². The van der Waals surface area contributed by atoms with E-state index in [1.54, 1.807) is 19.2 Å². The lowest BCUT2D eigenvalue weighted by Crippen LogP contribution is -2.47. The minimum absolute atomic E-state index is 0.00120. The molecule has 3 aromatic rings. The Morgan fingerprint density at radius 1 is 1.15 bits per heavy atom. The number of ether oxygens (including phenoxy) is 1. The number of hydrogen-bond acceptors (Lipinski definition) is 7. The molecule has 2 N–H and O–H groups in total. The highest BCUT2D eigenvalue weighted by atomic mass is 32.2. The first kappa shape index (κ1) is 27.3. The van der Waals surface area contributed by atoms with Gasteiger partial charge in [-0.25, -0.2) is 13.4 Å². The number of methoxy groups -OCH3 is 1. The first-order valence-electron chi connectivity index (χ1n) is 13.3. The van der Waals surface area contributed by atoms with Crippen molar-refractivity contribution in [2.24, 2.45) is 11.7 Å². The Labute approximate surface area is 229 Å². The molecular formula is C28H34N6O4S. The molecule has 3 heterocycles. The second-order valence-corrected chi connectivity index (χ2v) is 12.2. The molecule has 2 aromatic carbocycles. The van der Waals surface area contributed by atoms with Crippen molar-refractivity contribution in [2.75, 3.05) is 39.9 Å². The van der Waals surface area contributed by atoms with Crippen LogP contribution in [0.15, 0.2) is 53.4 Å². The van der Waals surface area contributed by atoms with Crippen molar-refractivity contribution < 1.29 is 17.9 Å². The molecule has 0 aliphatic carbocycles. The van der Waals surface area contributed by atoms with Gasteiger partial charge < -0.3 is 19.9 Å². The first-order chi connectivity index (χ1) is 18.8. The number of carbonyl (C=O) groups is 1. The van der Waals surface area contributed by atoms with E-state index in [9.17, 15) is 18.5 Å². The van der Waals surface area contributed by atoms with Crippen LogP contribution in [0.25, 0.3) is 11.0 Å². The Balaban J connectivity index is 1.34. The minimum Gasteiger partial charge on any atom is -0.385 e. The standard InChI is InChI=1S/C28H34N6O4S/c1-38-15-7-14-34-25-11-4-3-10-24(25)31-27(34)21-9-6-13-32(17-21)28(35)22-18-33(19-23(22)30)39(36,37)26-12-5-2-8-20(26)16-29/h2-5,8,10-12,21-23H,6-7,9,13-15,17-19,30H2,1H3/t21-,22-,23-/m1/s1. The van der Waals surface area contributed by atoms with Gasteiger partial charge in [-0.2, -0.15) is 9.57 Å². The lowest BCUT2D eigenvalue weighted by atomic mass is 9.94. The summed E-state index contributed by atoms with van der Waals surface area (Å²) in [6.07, 6.45) is 2.60. The molecule has 0 unspecified atom stereocenters. The molecule has 0 saturated carbocycles. The molecule has 206 valence electrons. The number of benzene rings is 2. The molecule has 0 spiro atoms. The highest BCUT2D eigenvalue weighted by Gasteiger charge is 2.44. The van der Waals surface area contributed by atoms with Crippen LogP contribution in [0, 0.1) is 17.2 Å². The Hall–Kier alpha value is -3.30. The van der Waals surface area contributed by atoms with Crippen molar-refractivity contribution in [2.45, 2.75) is 42.7 Å². The van der Waals surface area contributed by atoms with Gasteiger partial charge in [0.15, 0.2) is 0 Å². The number of hydrogen-bond donors (Lipinski definition) is 1. The van der Waals surface area contributed by atoms with Gasteiger partial charge in [-0.05, 0) is 43.5 Å². The largest absolute Gasteiger partial charge is 0.385 e. The molecule has 10 nitrogen and oxygen atoms in total. The zero-order chi connectivity index (χ0) is 27.6. The first-order valence-corrected chi connectivity index (χ1v) is 14.8. The molecule has 5 rings (SSSR count). The molecule has 39 heavy (non-hydrogen) atoms. The van der Waals surface area contributed by atoms with E-state index >= 15 is 0 Å². The molecule has 2 fully saturated rings. The minimum atomic E-state index is -3.96. The molecular weight excluding hydrogens is 516 g/mol. The molecule has 1 amide bonds. The topological polar surface area (TPSA) is 135 Å². The van der Waals surface area contributed by atoms with Crippen LogP contribution in [0.5, 0.6) is 0 Å². The number of fused-ring (bicyclic) bond motifs is 1. The summed E-state index contributed by atoms with van der Waals surface area (Å²) in [5.74, 6) is 0.268. The smallest absolute Gasteiger partial charge is 0.244 e. The van der Waals surface area contributed by atoms with Gasteiger partial charge in [-0.3, -0.25) is 4.79 Å². The van der Waals surface area contributed by atoms with Crippen LogP contribution < -0.4 is 5.73 Å². The zero-order valence-electron chi connectivity index (χ0n) is 22.1. The number of sulfonamides is 1. The summed E-state index contributed by atoms with van der Waals surface area (Å²) < 4.78 is 35.4. The van der Waals surface area contributed by atoms with Crippen LogP contribution in [0.4, 0.5) is 0 Å². The van der Waals surface area contributed by atoms with Crippen molar-refractivity contribution in [3.05, 3.63) is 59.9 Å². The fraction of sp³-hybridized carbons (Fsp3) is 0.464. The van der Waals surface area contributed by atoms with E-state index in [1.165, 1.54) is 16.4 Å². The van der Waals surface area contributed by atoms with E-state index < -0.39 is 22.0 Å². The van der Waals surface area contributed by atoms with E-state index in [-0.39, 0.29) is 35.4 Å². The van der Waals surface area contributed by atoms with Crippen molar-refractivity contribution >= 4 is 27.0 Å². The summed E-state index contributed by atoms with van der Waals surface area (Å²) in [4.78, 5) is 20.5. The van der Waals surface area contributed by atoms with Gasteiger partial charge in [0.2, 0.25) is 15.9 Å². The number of para-hydroxylation sites is 2. The lowest BCUT2D eigenvalue weighted by Gasteiger charge is -2.35. The SMILES string of the molecule is COCCCn1c([C@@H]2CCCN(C(=O)[C@@H]3CN(S(=O)(=O)c4ccccc4C#N)C[C@H]3N)C2)nc2ccccc21. The molecule has 3 atom stereocenters. The molecule has 2 aliphatic heterocycles. The number of aromatic nitrogens is 2. The quantitative estimate of drug-likeness (QED) is 0.425. The highest BCUT2D eigenvalue weighted by molar-refractivity contribution is 7.89. The van der Waals surface area contributed by atoms with Gasteiger partial charge in [-0.15, -0.1) is 0 Å². The third kappa shape index (κ3) is 5.30. The third-order valence-corrected chi connectivity index (χ3v) is 9.68. The monoisotopic (exact) mass is 550 g/mol. The van der Waals surface area contributed by atoms with Gasteiger partial charge in [0, 0.05) is 58.4 Å². The summed E-state index contributed by atoms with van der Waals surface area (Å²) in [7, 11) is -2.27. The van der Waals surface area contributed by atoms with E-state index in [4.69, 9.17) is 15.5 Å². The van der Waals surface area contributed by atoms with Crippen molar-refractivity contribution in [1.82, 2.24) is 18.8 Å². The number of imidazole rings is 1. The Morgan fingerprint density at radius 3 is 2.72 bits per heavy atom. The number of likely N-dealkylation sites (tertiary alicyclic amines) is 1. The van der Waals surface area contributed by atoms with Gasteiger partial charge in [0.05, 0.1) is 27.4 Å². The molecule has 2 saturated heterocycles. The normalized spacial score (nSPS) is 22.3. The maximum atomic E-state index is 13.7. The number of nitrogens with zero attached hydrogens (tertiary/aromatic N) is 5. The molecule has 11 heteroatoms.